The van der Waals surface area contributed by atoms with Gasteiger partial charge in [-0.2, -0.15) is 0 Å². The molecule has 1 saturated carbocycles. The fourth-order valence-electron chi connectivity index (χ4n) is 5.33. The highest BCUT2D eigenvalue weighted by Crippen LogP contribution is 2.38. The molecule has 3 amide bonds. The third kappa shape index (κ3) is 5.48. The van der Waals surface area contributed by atoms with Gasteiger partial charge in [0.25, 0.3) is 0 Å². The average molecular weight is 533 g/mol. The first-order valence-electron chi connectivity index (χ1n) is 12.5. The highest BCUT2D eigenvalue weighted by molar-refractivity contribution is 6.32. The Morgan fingerprint density at radius 3 is 2.32 bits per heavy atom. The zero-order chi connectivity index (χ0) is 26.1. The van der Waals surface area contributed by atoms with Gasteiger partial charge in [-0.15, -0.1) is 0 Å². The molecule has 3 fully saturated rings. The quantitative estimate of drug-likeness (QED) is 0.468. The summed E-state index contributed by atoms with van der Waals surface area (Å²) in [6.07, 6.45) is 3.66. The molecule has 0 bridgehead atoms. The van der Waals surface area contributed by atoms with Crippen molar-refractivity contribution in [3.63, 3.8) is 0 Å². The van der Waals surface area contributed by atoms with Gasteiger partial charge in [0.2, 0.25) is 17.7 Å². The number of hydroxylamine groups is 2. The van der Waals surface area contributed by atoms with E-state index in [9.17, 15) is 23.2 Å². The Morgan fingerprint density at radius 1 is 0.973 bits per heavy atom. The Balaban J connectivity index is 1.16. The first-order valence-corrected chi connectivity index (χ1v) is 12.9. The van der Waals surface area contributed by atoms with E-state index in [4.69, 9.17) is 21.2 Å². The van der Waals surface area contributed by atoms with Gasteiger partial charge in [-0.25, -0.2) is 13.8 Å². The Bertz CT molecular complexity index is 1180. The number of amides is 3. The van der Waals surface area contributed by atoms with Crippen LogP contribution in [0.5, 0.6) is 5.75 Å². The monoisotopic (exact) mass is 532 g/mol. The molecule has 196 valence electrons. The van der Waals surface area contributed by atoms with E-state index in [1.807, 2.05) is 0 Å². The van der Waals surface area contributed by atoms with Crippen LogP contribution < -0.4 is 9.64 Å². The van der Waals surface area contributed by atoms with Crippen LogP contribution in [0.3, 0.4) is 0 Å². The molecule has 1 aliphatic carbocycles. The Hall–Kier alpha value is -3.04. The number of carbonyl (C=O) groups is 3. The summed E-state index contributed by atoms with van der Waals surface area (Å²) in [7, 11) is 0. The van der Waals surface area contributed by atoms with Crippen LogP contribution in [0.1, 0.15) is 56.6 Å². The maximum Gasteiger partial charge on any atom is 0.249 e. The van der Waals surface area contributed by atoms with E-state index in [0.717, 1.165) is 23.8 Å². The zero-order valence-corrected chi connectivity index (χ0v) is 20.9. The van der Waals surface area contributed by atoms with E-state index in [1.165, 1.54) is 17.2 Å². The van der Waals surface area contributed by atoms with Crippen molar-refractivity contribution in [3.8, 4) is 5.75 Å². The van der Waals surface area contributed by atoms with Crippen LogP contribution in [-0.4, -0.2) is 36.0 Å². The SMILES string of the molecule is O=C1CCC(=O)N1c1ccc(Cl)c(OC[C@H]2CC[C@H](C(=O)N3OCC[C@H]3c3cc(F)cc(F)c3)CC2)c1. The number of carbonyl (C=O) groups excluding carboxylic acids is 3. The van der Waals surface area contributed by atoms with E-state index in [2.05, 4.69) is 0 Å². The zero-order valence-electron chi connectivity index (χ0n) is 20.1. The van der Waals surface area contributed by atoms with E-state index in [1.54, 1.807) is 18.2 Å². The van der Waals surface area contributed by atoms with Crippen LogP contribution in [0.4, 0.5) is 14.5 Å². The van der Waals surface area contributed by atoms with E-state index >= 15 is 0 Å². The average Bonchev–Trinajstić information content (AvgIpc) is 3.49. The fourth-order valence-corrected chi connectivity index (χ4v) is 5.50. The minimum atomic E-state index is -0.681. The predicted molar refractivity (Wildman–Crippen MR) is 131 cm³/mol. The lowest BCUT2D eigenvalue weighted by molar-refractivity contribution is -0.183. The van der Waals surface area contributed by atoms with Crippen LogP contribution in [0.2, 0.25) is 5.02 Å². The molecule has 2 aromatic rings. The van der Waals surface area contributed by atoms with Crippen LogP contribution >= 0.6 is 11.6 Å². The number of ether oxygens (including phenoxy) is 1. The molecule has 0 unspecified atom stereocenters. The van der Waals surface area contributed by atoms with Gasteiger partial charge >= 0.3 is 0 Å². The van der Waals surface area contributed by atoms with Crippen molar-refractivity contribution in [2.45, 2.75) is 51.0 Å². The summed E-state index contributed by atoms with van der Waals surface area (Å²) in [5, 5.41) is 1.68. The van der Waals surface area contributed by atoms with Gasteiger partial charge in [-0.1, -0.05) is 11.6 Å². The maximum absolute atomic E-state index is 13.7. The summed E-state index contributed by atoms with van der Waals surface area (Å²) in [4.78, 5) is 44.1. The maximum atomic E-state index is 13.7. The van der Waals surface area contributed by atoms with Crippen LogP contribution in [0, 0.1) is 23.5 Å². The summed E-state index contributed by atoms with van der Waals surface area (Å²) < 4.78 is 33.4. The molecule has 3 aliphatic rings. The molecule has 5 rings (SSSR count). The van der Waals surface area contributed by atoms with Gasteiger partial charge in [0.15, 0.2) is 0 Å². The molecule has 10 heteroatoms. The van der Waals surface area contributed by atoms with Crippen molar-refractivity contribution >= 4 is 35.0 Å². The Morgan fingerprint density at radius 2 is 1.65 bits per heavy atom. The number of nitrogens with zero attached hydrogens (tertiary/aromatic N) is 2. The molecule has 0 radical (unpaired) electrons. The highest BCUT2D eigenvalue weighted by atomic mass is 35.5. The molecule has 37 heavy (non-hydrogen) atoms. The van der Waals surface area contributed by atoms with Crippen molar-refractivity contribution in [2.24, 2.45) is 11.8 Å². The van der Waals surface area contributed by atoms with Crippen molar-refractivity contribution in [1.82, 2.24) is 5.06 Å². The summed E-state index contributed by atoms with van der Waals surface area (Å²) in [5.41, 5.74) is 0.835. The van der Waals surface area contributed by atoms with Gasteiger partial charge in [-0.3, -0.25) is 24.1 Å². The Labute approximate surface area is 218 Å². The summed E-state index contributed by atoms with van der Waals surface area (Å²) in [5.74, 6) is -1.65. The third-order valence-corrected chi connectivity index (χ3v) is 7.60. The van der Waals surface area contributed by atoms with E-state index in [0.29, 0.717) is 54.5 Å². The number of benzene rings is 2. The molecule has 2 saturated heterocycles. The molecule has 2 heterocycles. The van der Waals surface area contributed by atoms with Gasteiger partial charge in [0.1, 0.15) is 17.4 Å². The van der Waals surface area contributed by atoms with Crippen molar-refractivity contribution in [1.29, 1.82) is 0 Å². The second-order valence-corrected chi connectivity index (χ2v) is 10.2. The van der Waals surface area contributed by atoms with Crippen molar-refractivity contribution < 1.29 is 32.7 Å². The molecule has 7 nitrogen and oxygen atoms in total. The highest BCUT2D eigenvalue weighted by Gasteiger charge is 2.38. The minimum Gasteiger partial charge on any atom is -0.492 e. The number of halogens is 3. The van der Waals surface area contributed by atoms with Crippen LogP contribution in [0.15, 0.2) is 36.4 Å². The van der Waals surface area contributed by atoms with E-state index < -0.39 is 17.7 Å². The summed E-state index contributed by atoms with van der Waals surface area (Å²) in [6.45, 7) is 0.698. The molecule has 1 atom stereocenters. The number of anilines is 1. The number of rotatable bonds is 6. The Kier molecular flexibility index (Phi) is 7.44. The fraction of sp³-hybridized carbons (Fsp3) is 0.444. The topological polar surface area (TPSA) is 76.2 Å². The van der Waals surface area contributed by atoms with Gasteiger partial charge < -0.3 is 4.74 Å². The molecule has 0 N–H and O–H groups in total. The first kappa shape index (κ1) is 25.6. The van der Waals surface area contributed by atoms with Gasteiger partial charge in [-0.05, 0) is 61.4 Å². The number of hydrogen-bond acceptors (Lipinski definition) is 5. The molecular weight excluding hydrogens is 506 g/mol. The minimum absolute atomic E-state index is 0.165. The van der Waals surface area contributed by atoms with Gasteiger partial charge in [0, 0.05) is 37.3 Å². The molecule has 0 aromatic heterocycles. The summed E-state index contributed by atoms with van der Waals surface area (Å²) >= 11 is 6.29. The number of hydrogen-bond donors (Lipinski definition) is 0. The summed E-state index contributed by atoms with van der Waals surface area (Å²) in [6, 6.07) is 7.63. The third-order valence-electron chi connectivity index (χ3n) is 7.29. The van der Waals surface area contributed by atoms with Crippen LogP contribution in [-0.2, 0) is 19.2 Å². The standard InChI is InChI=1S/C27H27ClF2N2O5/c28-22-6-5-21(31-25(33)7-8-26(31)34)14-24(22)36-15-16-1-3-17(4-2-16)27(35)32-23(9-10-37-32)18-11-19(29)13-20(30)12-18/h5-6,11-14,16-17,23H,1-4,7-10,15H2/t16-,17-,23-/m0/s1. The predicted octanol–water partition coefficient (Wildman–Crippen LogP) is 5.36. The second kappa shape index (κ2) is 10.8. The van der Waals surface area contributed by atoms with E-state index in [-0.39, 0.29) is 42.4 Å². The van der Waals surface area contributed by atoms with Crippen molar-refractivity contribution in [3.05, 3.63) is 58.6 Å². The van der Waals surface area contributed by atoms with Crippen molar-refractivity contribution in [2.75, 3.05) is 18.1 Å². The largest absolute Gasteiger partial charge is 0.492 e. The lowest BCUT2D eigenvalue weighted by Crippen LogP contribution is -2.37. The lowest BCUT2D eigenvalue weighted by Gasteiger charge is -2.32. The second-order valence-electron chi connectivity index (χ2n) is 9.77. The molecule has 2 aromatic carbocycles. The van der Waals surface area contributed by atoms with Gasteiger partial charge in [0.05, 0.1) is 30.0 Å². The molecule has 2 aliphatic heterocycles. The normalized spacial score (nSPS) is 24.1. The lowest BCUT2D eigenvalue weighted by atomic mass is 9.81. The molecule has 0 spiro atoms. The smallest absolute Gasteiger partial charge is 0.249 e. The van der Waals surface area contributed by atoms with Crippen LogP contribution in [0.25, 0.3) is 0 Å². The molecular formula is C27H27ClF2N2O5. The first-order chi connectivity index (χ1) is 17.8. The number of imide groups is 1.